The maximum absolute atomic E-state index is 10.8. The first-order valence-corrected chi connectivity index (χ1v) is 5.77. The normalized spacial score (nSPS) is 10.1. The highest BCUT2D eigenvalue weighted by Gasteiger charge is 2.08. The second-order valence-corrected chi connectivity index (χ2v) is 4.36. The van der Waals surface area contributed by atoms with E-state index in [0.29, 0.717) is 5.57 Å². The van der Waals surface area contributed by atoms with Crippen molar-refractivity contribution in [3.63, 3.8) is 0 Å². The van der Waals surface area contributed by atoms with Crippen LogP contribution in [0, 0.1) is 0 Å². The van der Waals surface area contributed by atoms with Crippen molar-refractivity contribution in [1.82, 2.24) is 0 Å². The number of hydrogen-bond acceptors (Lipinski definition) is 2. The standard InChI is InChI=1S/C12H10O3S/c1-3-5-10(4-2)11-6-8-12(9-7-11)16(13,14)15/h5-9H,1-2H2,(H,13,14,15). The van der Waals surface area contributed by atoms with E-state index in [9.17, 15) is 8.42 Å². The fourth-order valence-electron chi connectivity index (χ4n) is 1.14. The van der Waals surface area contributed by atoms with Gasteiger partial charge in [0.25, 0.3) is 10.1 Å². The molecular weight excluding hydrogens is 224 g/mol. The molecular formula is C12H10O3S. The molecule has 1 aromatic carbocycles. The summed E-state index contributed by atoms with van der Waals surface area (Å²) in [5, 5.41) is 0. The summed E-state index contributed by atoms with van der Waals surface area (Å²) in [6.45, 7) is 6.92. The highest BCUT2D eigenvalue weighted by molar-refractivity contribution is 7.85. The van der Waals surface area contributed by atoms with E-state index in [1.54, 1.807) is 18.2 Å². The molecule has 0 aliphatic carbocycles. The Bertz CT molecular complexity index is 582. The van der Waals surface area contributed by atoms with E-state index in [1.165, 1.54) is 12.1 Å². The number of hydrogen-bond donors (Lipinski definition) is 1. The van der Waals surface area contributed by atoms with Crippen molar-refractivity contribution in [2.24, 2.45) is 0 Å². The van der Waals surface area contributed by atoms with Crippen molar-refractivity contribution in [3.8, 4) is 0 Å². The van der Waals surface area contributed by atoms with Crippen LogP contribution in [-0.4, -0.2) is 13.0 Å². The van der Waals surface area contributed by atoms with Gasteiger partial charge in [-0.3, -0.25) is 4.55 Å². The van der Waals surface area contributed by atoms with E-state index < -0.39 is 10.1 Å². The van der Waals surface area contributed by atoms with E-state index in [0.717, 1.165) is 5.56 Å². The van der Waals surface area contributed by atoms with Gasteiger partial charge in [-0.15, -0.1) is 11.5 Å². The molecule has 0 saturated heterocycles. The monoisotopic (exact) mass is 234 g/mol. The van der Waals surface area contributed by atoms with Crippen LogP contribution < -0.4 is 0 Å². The van der Waals surface area contributed by atoms with Crippen LogP contribution in [0.25, 0.3) is 5.57 Å². The van der Waals surface area contributed by atoms with Gasteiger partial charge in [-0.2, -0.15) is 8.42 Å². The lowest BCUT2D eigenvalue weighted by Gasteiger charge is -2.00. The van der Waals surface area contributed by atoms with Gasteiger partial charge in [-0.05, 0) is 23.8 Å². The van der Waals surface area contributed by atoms with Gasteiger partial charge < -0.3 is 0 Å². The summed E-state index contributed by atoms with van der Waals surface area (Å²) in [4.78, 5) is -0.151. The Labute approximate surface area is 94.5 Å². The van der Waals surface area contributed by atoms with Crippen LogP contribution in [0.2, 0.25) is 0 Å². The lowest BCUT2D eigenvalue weighted by Crippen LogP contribution is -1.97. The summed E-state index contributed by atoms with van der Waals surface area (Å²) < 4.78 is 30.4. The Hall–Kier alpha value is -1.83. The van der Waals surface area contributed by atoms with Crippen LogP contribution in [0.1, 0.15) is 5.56 Å². The van der Waals surface area contributed by atoms with Crippen molar-refractivity contribution in [2.75, 3.05) is 0 Å². The zero-order valence-electron chi connectivity index (χ0n) is 8.47. The lowest BCUT2D eigenvalue weighted by atomic mass is 10.1. The topological polar surface area (TPSA) is 54.4 Å². The van der Waals surface area contributed by atoms with E-state index in [-0.39, 0.29) is 4.90 Å². The molecule has 0 heterocycles. The second-order valence-electron chi connectivity index (χ2n) is 2.94. The van der Waals surface area contributed by atoms with Gasteiger partial charge >= 0.3 is 0 Å². The molecule has 16 heavy (non-hydrogen) atoms. The molecule has 1 rings (SSSR count). The van der Waals surface area contributed by atoms with Gasteiger partial charge in [-0.1, -0.05) is 25.3 Å². The molecule has 1 N–H and O–H groups in total. The maximum Gasteiger partial charge on any atom is 0.294 e. The summed E-state index contributed by atoms with van der Waals surface area (Å²) in [6, 6.07) is 5.70. The molecule has 1 aromatic rings. The van der Waals surface area contributed by atoms with Gasteiger partial charge in [-0.25, -0.2) is 0 Å². The Kier molecular flexibility index (Phi) is 3.67. The molecule has 0 radical (unpaired) electrons. The van der Waals surface area contributed by atoms with Crippen LogP contribution in [0.4, 0.5) is 0 Å². The first kappa shape index (κ1) is 12.2. The Balaban J connectivity index is 3.23. The van der Waals surface area contributed by atoms with Gasteiger partial charge in [0.15, 0.2) is 0 Å². The molecule has 0 aromatic heterocycles. The van der Waals surface area contributed by atoms with E-state index in [2.05, 4.69) is 24.6 Å². The molecule has 0 amide bonds. The SMILES string of the molecule is C=C=CC(=C=C)c1ccc(S(=O)(=O)O)cc1. The van der Waals surface area contributed by atoms with E-state index >= 15 is 0 Å². The van der Waals surface area contributed by atoms with Crippen LogP contribution in [-0.2, 0) is 10.1 Å². The van der Waals surface area contributed by atoms with Crippen molar-refractivity contribution in [2.45, 2.75) is 4.90 Å². The number of allylic oxidation sites excluding steroid dienone is 2. The second kappa shape index (κ2) is 4.79. The summed E-state index contributed by atoms with van der Waals surface area (Å²) in [5.41, 5.74) is 6.62. The molecule has 0 atom stereocenters. The predicted molar refractivity (Wildman–Crippen MR) is 62.5 cm³/mol. The zero-order valence-corrected chi connectivity index (χ0v) is 9.29. The zero-order chi connectivity index (χ0) is 12.2. The number of benzene rings is 1. The summed E-state index contributed by atoms with van der Waals surface area (Å²) >= 11 is 0. The van der Waals surface area contributed by atoms with Crippen LogP contribution in [0.3, 0.4) is 0 Å². The smallest absolute Gasteiger partial charge is 0.282 e. The van der Waals surface area contributed by atoms with Crippen LogP contribution in [0.5, 0.6) is 0 Å². The molecule has 0 unspecified atom stereocenters. The predicted octanol–water partition coefficient (Wildman–Crippen LogP) is 2.44. The van der Waals surface area contributed by atoms with E-state index in [4.69, 9.17) is 4.55 Å². The molecule has 3 nitrogen and oxygen atoms in total. The average Bonchev–Trinajstić information content (AvgIpc) is 2.25. The van der Waals surface area contributed by atoms with Gasteiger partial charge in [0.2, 0.25) is 0 Å². The molecule has 0 aliphatic heterocycles. The Morgan fingerprint density at radius 1 is 1.25 bits per heavy atom. The van der Waals surface area contributed by atoms with Gasteiger partial charge in [0.05, 0.1) is 4.90 Å². The first-order chi connectivity index (χ1) is 7.49. The molecule has 4 heteroatoms. The molecule has 0 saturated carbocycles. The third-order valence-electron chi connectivity index (χ3n) is 1.90. The minimum atomic E-state index is -4.15. The van der Waals surface area contributed by atoms with Crippen LogP contribution in [0.15, 0.2) is 59.9 Å². The van der Waals surface area contributed by atoms with E-state index in [1.807, 2.05) is 0 Å². The van der Waals surface area contributed by atoms with Crippen molar-refractivity contribution < 1.29 is 13.0 Å². The highest BCUT2D eigenvalue weighted by atomic mass is 32.2. The highest BCUT2D eigenvalue weighted by Crippen LogP contribution is 2.17. The molecule has 0 fully saturated rings. The maximum atomic E-state index is 10.8. The minimum absolute atomic E-state index is 0.151. The van der Waals surface area contributed by atoms with Crippen LogP contribution >= 0.6 is 0 Å². The van der Waals surface area contributed by atoms with Gasteiger partial charge in [0, 0.05) is 5.57 Å². The van der Waals surface area contributed by atoms with Crippen molar-refractivity contribution >= 4 is 15.7 Å². The lowest BCUT2D eigenvalue weighted by molar-refractivity contribution is 0.483. The molecule has 0 aliphatic rings. The Morgan fingerprint density at radius 2 is 1.81 bits per heavy atom. The van der Waals surface area contributed by atoms with Crippen molar-refractivity contribution in [1.29, 1.82) is 0 Å². The van der Waals surface area contributed by atoms with Gasteiger partial charge in [0.1, 0.15) is 0 Å². The average molecular weight is 234 g/mol. The minimum Gasteiger partial charge on any atom is -0.282 e. The Morgan fingerprint density at radius 3 is 2.19 bits per heavy atom. The fraction of sp³-hybridized carbons (Fsp3) is 0. The largest absolute Gasteiger partial charge is 0.294 e. The molecule has 0 bridgehead atoms. The third-order valence-corrected chi connectivity index (χ3v) is 2.77. The van der Waals surface area contributed by atoms with Crippen molar-refractivity contribution in [3.05, 3.63) is 60.5 Å². The quantitative estimate of drug-likeness (QED) is 0.496. The number of rotatable bonds is 3. The third kappa shape index (κ3) is 2.83. The summed E-state index contributed by atoms with van der Waals surface area (Å²) in [7, 11) is -4.15. The summed E-state index contributed by atoms with van der Waals surface area (Å²) in [5.74, 6) is 0. The fourth-order valence-corrected chi connectivity index (χ4v) is 1.62. The molecule has 82 valence electrons. The molecule has 0 spiro atoms. The first-order valence-electron chi connectivity index (χ1n) is 4.33. The summed E-state index contributed by atoms with van der Waals surface area (Å²) in [6.07, 6.45) is 1.58.